The fourth-order valence-electron chi connectivity index (χ4n) is 3.06. The van der Waals surface area contributed by atoms with Gasteiger partial charge in [-0.15, -0.1) is 0 Å². The van der Waals surface area contributed by atoms with Crippen LogP contribution in [0.15, 0.2) is 18.2 Å². The molecule has 0 unspecified atom stereocenters. The zero-order valence-electron chi connectivity index (χ0n) is 14.6. The van der Waals surface area contributed by atoms with E-state index >= 15 is 0 Å². The second-order valence-electron chi connectivity index (χ2n) is 7.25. The smallest absolute Gasteiger partial charge is 0.412 e. The molecule has 1 saturated carbocycles. The molecule has 6 nitrogen and oxygen atoms in total. The molecule has 1 amide bonds. The molecule has 0 atom stereocenters. The number of carboxylic acid groups (broad SMARTS) is 1. The maximum Gasteiger partial charge on any atom is 0.412 e. The molecular weight excluding hydrogens is 310 g/mol. The Morgan fingerprint density at radius 3 is 2.42 bits per heavy atom. The van der Waals surface area contributed by atoms with Crippen molar-refractivity contribution in [3.8, 4) is 5.75 Å². The van der Waals surface area contributed by atoms with Crippen LogP contribution in [-0.4, -0.2) is 29.9 Å². The second kappa shape index (κ2) is 6.71. The first kappa shape index (κ1) is 18.1. The van der Waals surface area contributed by atoms with Crippen molar-refractivity contribution in [3.63, 3.8) is 0 Å². The Balaban J connectivity index is 2.21. The molecule has 1 aliphatic carbocycles. The minimum atomic E-state index is -0.812. The summed E-state index contributed by atoms with van der Waals surface area (Å²) in [6.07, 6.45) is 2.21. The van der Waals surface area contributed by atoms with Gasteiger partial charge in [0.15, 0.2) is 0 Å². The number of carbonyl (C=O) groups is 2. The molecule has 1 aliphatic rings. The molecule has 24 heavy (non-hydrogen) atoms. The number of anilines is 1. The number of carbonyl (C=O) groups excluding carboxylic acids is 1. The van der Waals surface area contributed by atoms with Crippen LogP contribution in [0.3, 0.4) is 0 Å². The van der Waals surface area contributed by atoms with Crippen molar-refractivity contribution in [2.45, 2.75) is 57.5 Å². The number of nitrogens with one attached hydrogen (secondary N) is 1. The molecule has 1 aromatic carbocycles. The van der Waals surface area contributed by atoms with Crippen LogP contribution in [0.1, 0.15) is 52.0 Å². The molecule has 1 fully saturated rings. The Morgan fingerprint density at radius 2 is 1.96 bits per heavy atom. The Morgan fingerprint density at radius 1 is 1.29 bits per heavy atom. The van der Waals surface area contributed by atoms with Crippen LogP contribution < -0.4 is 10.1 Å². The van der Waals surface area contributed by atoms with E-state index in [1.807, 2.05) is 6.07 Å². The molecule has 2 N–H and O–H groups in total. The zero-order chi connectivity index (χ0) is 18.0. The van der Waals surface area contributed by atoms with Gasteiger partial charge in [-0.2, -0.15) is 0 Å². The third-order valence-electron chi connectivity index (χ3n) is 4.22. The number of hydrogen-bond acceptors (Lipinski definition) is 4. The Labute approximate surface area is 142 Å². The van der Waals surface area contributed by atoms with Gasteiger partial charge in [0.1, 0.15) is 11.4 Å². The lowest BCUT2D eigenvalue weighted by molar-refractivity contribution is -0.139. The highest BCUT2D eigenvalue weighted by atomic mass is 16.6. The highest BCUT2D eigenvalue weighted by molar-refractivity contribution is 5.85. The predicted octanol–water partition coefficient (Wildman–Crippen LogP) is 3.94. The van der Waals surface area contributed by atoms with Gasteiger partial charge in [0.25, 0.3) is 0 Å². The summed E-state index contributed by atoms with van der Waals surface area (Å²) >= 11 is 0. The Hall–Kier alpha value is -2.24. The summed E-state index contributed by atoms with van der Waals surface area (Å²) in [5.74, 6) is -0.225. The van der Waals surface area contributed by atoms with Gasteiger partial charge < -0.3 is 14.6 Å². The van der Waals surface area contributed by atoms with E-state index in [0.717, 1.165) is 24.8 Å². The maximum absolute atomic E-state index is 11.9. The number of amides is 1. The second-order valence-corrected chi connectivity index (χ2v) is 7.25. The van der Waals surface area contributed by atoms with Crippen LogP contribution in [0, 0.1) is 0 Å². The summed E-state index contributed by atoms with van der Waals surface area (Å²) in [4.78, 5) is 23.1. The van der Waals surface area contributed by atoms with E-state index in [2.05, 4.69) is 5.32 Å². The molecule has 1 aromatic rings. The van der Waals surface area contributed by atoms with E-state index in [-0.39, 0.29) is 11.8 Å². The highest BCUT2D eigenvalue weighted by Gasteiger charge is 2.42. The summed E-state index contributed by atoms with van der Waals surface area (Å²) in [6, 6.07) is 5.30. The normalized spacial score (nSPS) is 16.0. The van der Waals surface area contributed by atoms with Crippen LogP contribution in [-0.2, 0) is 14.9 Å². The number of ether oxygens (including phenoxy) is 2. The lowest BCUT2D eigenvalue weighted by atomic mass is 9.62. The average Bonchev–Trinajstić information content (AvgIpc) is 2.40. The minimum Gasteiger partial charge on any atom is -0.496 e. The molecule has 2 rings (SSSR count). The van der Waals surface area contributed by atoms with Gasteiger partial charge in [0.05, 0.1) is 13.5 Å². The Bertz CT molecular complexity index is 629. The molecule has 132 valence electrons. The number of hydrogen-bond donors (Lipinski definition) is 2. The molecular formula is C18H25NO5. The monoisotopic (exact) mass is 335 g/mol. The van der Waals surface area contributed by atoms with Crippen molar-refractivity contribution in [1.29, 1.82) is 0 Å². The van der Waals surface area contributed by atoms with Gasteiger partial charge in [0.2, 0.25) is 0 Å². The van der Waals surface area contributed by atoms with Crippen LogP contribution in [0.4, 0.5) is 10.5 Å². The third-order valence-corrected chi connectivity index (χ3v) is 4.22. The minimum absolute atomic E-state index is 0.0855. The summed E-state index contributed by atoms with van der Waals surface area (Å²) in [6.45, 7) is 5.38. The number of rotatable bonds is 5. The molecule has 0 spiro atoms. The van der Waals surface area contributed by atoms with E-state index in [1.54, 1.807) is 40.0 Å². The number of carboxylic acids is 1. The summed E-state index contributed by atoms with van der Waals surface area (Å²) < 4.78 is 10.7. The molecule has 0 saturated heterocycles. The SMILES string of the molecule is COc1cc(NC(=O)OC(C)(C)C)ccc1C1(CC(=O)O)CCC1. The summed E-state index contributed by atoms with van der Waals surface area (Å²) in [5.41, 5.74) is 0.482. The van der Waals surface area contributed by atoms with Gasteiger partial charge in [-0.25, -0.2) is 4.79 Å². The molecule has 0 aromatic heterocycles. The Kier molecular flexibility index (Phi) is 5.06. The van der Waals surface area contributed by atoms with E-state index in [0.29, 0.717) is 11.4 Å². The highest BCUT2D eigenvalue weighted by Crippen LogP contribution is 2.50. The molecule has 0 radical (unpaired) electrons. The lowest BCUT2D eigenvalue weighted by Crippen LogP contribution is -2.37. The van der Waals surface area contributed by atoms with Crippen molar-refractivity contribution in [2.24, 2.45) is 0 Å². The largest absolute Gasteiger partial charge is 0.496 e. The molecule has 6 heteroatoms. The first-order valence-electron chi connectivity index (χ1n) is 8.05. The van der Waals surface area contributed by atoms with Crippen LogP contribution >= 0.6 is 0 Å². The maximum atomic E-state index is 11.9. The molecule has 0 aliphatic heterocycles. The van der Waals surface area contributed by atoms with Crippen LogP contribution in [0.2, 0.25) is 0 Å². The van der Waals surface area contributed by atoms with E-state index in [4.69, 9.17) is 9.47 Å². The predicted molar refractivity (Wildman–Crippen MR) is 90.6 cm³/mol. The fraction of sp³-hybridized carbons (Fsp3) is 0.556. The van der Waals surface area contributed by atoms with E-state index < -0.39 is 17.7 Å². The van der Waals surface area contributed by atoms with Gasteiger partial charge in [0, 0.05) is 22.7 Å². The van der Waals surface area contributed by atoms with Gasteiger partial charge in [-0.3, -0.25) is 10.1 Å². The van der Waals surface area contributed by atoms with Crippen LogP contribution in [0.5, 0.6) is 5.75 Å². The summed E-state index contributed by atoms with van der Waals surface area (Å²) in [5, 5.41) is 11.9. The van der Waals surface area contributed by atoms with Crippen molar-refractivity contribution >= 4 is 17.7 Å². The summed E-state index contributed by atoms with van der Waals surface area (Å²) in [7, 11) is 1.54. The van der Waals surface area contributed by atoms with E-state index in [1.165, 1.54) is 0 Å². The van der Waals surface area contributed by atoms with Gasteiger partial charge >= 0.3 is 12.1 Å². The van der Waals surface area contributed by atoms with Gasteiger partial charge in [-0.1, -0.05) is 12.5 Å². The third kappa shape index (κ3) is 4.19. The van der Waals surface area contributed by atoms with Crippen LogP contribution in [0.25, 0.3) is 0 Å². The van der Waals surface area contributed by atoms with Gasteiger partial charge in [-0.05, 0) is 39.7 Å². The topological polar surface area (TPSA) is 84.9 Å². The van der Waals surface area contributed by atoms with Crippen molar-refractivity contribution < 1.29 is 24.2 Å². The van der Waals surface area contributed by atoms with Crippen molar-refractivity contribution in [3.05, 3.63) is 23.8 Å². The quantitative estimate of drug-likeness (QED) is 0.851. The first-order valence-corrected chi connectivity index (χ1v) is 8.05. The number of methoxy groups -OCH3 is 1. The lowest BCUT2D eigenvalue weighted by Gasteiger charge is -2.42. The number of benzene rings is 1. The fourth-order valence-corrected chi connectivity index (χ4v) is 3.06. The van der Waals surface area contributed by atoms with Crippen molar-refractivity contribution in [2.75, 3.05) is 12.4 Å². The van der Waals surface area contributed by atoms with E-state index in [9.17, 15) is 14.7 Å². The standard InChI is InChI=1S/C18H25NO5/c1-17(2,3)24-16(22)19-12-6-7-13(14(10-12)23-4)18(8-5-9-18)11-15(20)21/h6-7,10H,5,8-9,11H2,1-4H3,(H,19,22)(H,20,21). The molecule has 0 bridgehead atoms. The van der Waals surface area contributed by atoms with Crippen molar-refractivity contribution in [1.82, 2.24) is 0 Å². The average molecular weight is 335 g/mol. The number of aliphatic carboxylic acids is 1. The zero-order valence-corrected chi connectivity index (χ0v) is 14.6. The molecule has 0 heterocycles. The first-order chi connectivity index (χ1) is 11.1.